The lowest BCUT2D eigenvalue weighted by atomic mass is 10.1. The highest BCUT2D eigenvalue weighted by Gasteiger charge is 2.23. The molecule has 1 unspecified atom stereocenters. The van der Waals surface area contributed by atoms with E-state index in [9.17, 15) is 4.79 Å². The van der Waals surface area contributed by atoms with E-state index < -0.39 is 5.97 Å². The van der Waals surface area contributed by atoms with Crippen LogP contribution in [0.2, 0.25) is 0 Å². The van der Waals surface area contributed by atoms with Crippen molar-refractivity contribution in [2.45, 2.75) is 33.8 Å². The molecule has 0 radical (unpaired) electrons. The molecular formula is C11H17NO3S. The van der Waals surface area contributed by atoms with Crippen molar-refractivity contribution in [2.24, 2.45) is 5.92 Å². The molecule has 0 aliphatic carbocycles. The van der Waals surface area contributed by atoms with E-state index >= 15 is 0 Å². The maximum atomic E-state index is 10.9. The standard InChI is InChI=1S/C11H17NO3S/c1-5-15-9(6(2)3)10-12-8(11(13)14)7(4)16-10/h6,9H,5H2,1-4H3,(H,13,14). The number of ether oxygens (including phenoxy) is 1. The summed E-state index contributed by atoms with van der Waals surface area (Å²) in [7, 11) is 0. The molecule has 4 nitrogen and oxygen atoms in total. The van der Waals surface area contributed by atoms with Crippen LogP contribution >= 0.6 is 11.3 Å². The van der Waals surface area contributed by atoms with Gasteiger partial charge in [0.2, 0.25) is 0 Å². The molecule has 1 atom stereocenters. The average Bonchev–Trinajstić information content (AvgIpc) is 2.56. The molecule has 0 fully saturated rings. The van der Waals surface area contributed by atoms with Crippen LogP contribution in [0.25, 0.3) is 0 Å². The first-order chi connectivity index (χ1) is 7.47. The molecule has 0 bridgehead atoms. The molecule has 1 aromatic rings. The quantitative estimate of drug-likeness (QED) is 0.863. The summed E-state index contributed by atoms with van der Waals surface area (Å²) in [5.74, 6) is -0.689. The van der Waals surface area contributed by atoms with Gasteiger partial charge in [-0.2, -0.15) is 0 Å². The van der Waals surface area contributed by atoms with E-state index in [-0.39, 0.29) is 17.7 Å². The Morgan fingerprint density at radius 1 is 1.56 bits per heavy atom. The number of carbonyl (C=O) groups is 1. The van der Waals surface area contributed by atoms with Crippen LogP contribution in [0.4, 0.5) is 0 Å². The van der Waals surface area contributed by atoms with E-state index in [0.29, 0.717) is 6.61 Å². The van der Waals surface area contributed by atoms with Crippen LogP contribution < -0.4 is 0 Å². The number of hydrogen-bond acceptors (Lipinski definition) is 4. The molecule has 1 heterocycles. The summed E-state index contributed by atoms with van der Waals surface area (Å²) in [5, 5.41) is 9.69. The van der Waals surface area contributed by atoms with E-state index in [2.05, 4.69) is 4.98 Å². The maximum Gasteiger partial charge on any atom is 0.355 e. The SMILES string of the molecule is CCOC(c1nc(C(=O)O)c(C)s1)C(C)C. The first-order valence-electron chi connectivity index (χ1n) is 5.29. The van der Waals surface area contributed by atoms with Crippen LogP contribution in [-0.4, -0.2) is 22.7 Å². The summed E-state index contributed by atoms with van der Waals surface area (Å²) >= 11 is 1.40. The third kappa shape index (κ3) is 2.80. The van der Waals surface area contributed by atoms with Gasteiger partial charge in [-0.1, -0.05) is 13.8 Å². The van der Waals surface area contributed by atoms with Gasteiger partial charge in [-0.3, -0.25) is 0 Å². The Kier molecular flexibility index (Phi) is 4.44. The molecule has 0 amide bonds. The van der Waals surface area contributed by atoms with E-state index in [1.54, 1.807) is 6.92 Å². The lowest BCUT2D eigenvalue weighted by Gasteiger charge is -2.17. The molecule has 1 aromatic heterocycles. The van der Waals surface area contributed by atoms with Gasteiger partial charge in [-0.15, -0.1) is 11.3 Å². The van der Waals surface area contributed by atoms with Crippen LogP contribution in [-0.2, 0) is 4.74 Å². The fourth-order valence-corrected chi connectivity index (χ4v) is 2.60. The van der Waals surface area contributed by atoms with Crippen LogP contribution in [0.3, 0.4) is 0 Å². The first-order valence-corrected chi connectivity index (χ1v) is 6.11. The number of nitrogens with zero attached hydrogens (tertiary/aromatic N) is 1. The van der Waals surface area contributed by atoms with Crippen molar-refractivity contribution in [3.63, 3.8) is 0 Å². The molecule has 5 heteroatoms. The van der Waals surface area contributed by atoms with Crippen molar-refractivity contribution < 1.29 is 14.6 Å². The number of thiazole rings is 1. The summed E-state index contributed by atoms with van der Waals surface area (Å²) in [6.07, 6.45) is -0.109. The van der Waals surface area contributed by atoms with Gasteiger partial charge < -0.3 is 9.84 Å². The Labute approximate surface area is 99.3 Å². The highest BCUT2D eigenvalue weighted by molar-refractivity contribution is 7.11. The van der Waals surface area contributed by atoms with Gasteiger partial charge >= 0.3 is 5.97 Å². The second-order valence-corrected chi connectivity index (χ2v) is 5.12. The van der Waals surface area contributed by atoms with Crippen molar-refractivity contribution in [1.82, 2.24) is 4.98 Å². The monoisotopic (exact) mass is 243 g/mol. The van der Waals surface area contributed by atoms with Gasteiger partial charge in [0.1, 0.15) is 11.1 Å². The third-order valence-corrected chi connectivity index (χ3v) is 3.24. The Balaban J connectivity index is 3.01. The number of hydrogen-bond donors (Lipinski definition) is 1. The molecule has 0 aliphatic heterocycles. The zero-order valence-electron chi connectivity index (χ0n) is 9.98. The van der Waals surface area contributed by atoms with E-state index in [4.69, 9.17) is 9.84 Å². The minimum atomic E-state index is -0.973. The lowest BCUT2D eigenvalue weighted by Crippen LogP contribution is -2.11. The first kappa shape index (κ1) is 13.1. The van der Waals surface area contributed by atoms with Gasteiger partial charge in [0.15, 0.2) is 5.69 Å². The summed E-state index contributed by atoms with van der Waals surface area (Å²) in [4.78, 5) is 15.8. The normalized spacial score (nSPS) is 13.1. The smallest absolute Gasteiger partial charge is 0.355 e. The van der Waals surface area contributed by atoms with Crippen LogP contribution in [0.15, 0.2) is 0 Å². The Morgan fingerprint density at radius 3 is 2.56 bits per heavy atom. The van der Waals surface area contributed by atoms with E-state index in [1.807, 2.05) is 20.8 Å². The second-order valence-electron chi connectivity index (χ2n) is 3.88. The van der Waals surface area contributed by atoms with Gasteiger partial charge in [-0.25, -0.2) is 9.78 Å². The molecule has 0 aromatic carbocycles. The van der Waals surface area contributed by atoms with Crippen LogP contribution in [0, 0.1) is 12.8 Å². The molecule has 0 aliphatic rings. The summed E-state index contributed by atoms with van der Waals surface area (Å²) in [5.41, 5.74) is 0.144. The molecule has 0 spiro atoms. The third-order valence-electron chi connectivity index (χ3n) is 2.21. The zero-order chi connectivity index (χ0) is 12.3. The van der Waals surface area contributed by atoms with Gasteiger partial charge in [0.25, 0.3) is 0 Å². The fraction of sp³-hybridized carbons (Fsp3) is 0.636. The molecular weight excluding hydrogens is 226 g/mol. The van der Waals surface area contributed by atoms with Crippen molar-refractivity contribution in [3.8, 4) is 0 Å². The van der Waals surface area contributed by atoms with Gasteiger partial charge in [0.05, 0.1) is 0 Å². The highest BCUT2D eigenvalue weighted by atomic mass is 32.1. The minimum absolute atomic E-state index is 0.109. The maximum absolute atomic E-state index is 10.9. The van der Waals surface area contributed by atoms with Crippen molar-refractivity contribution >= 4 is 17.3 Å². The Morgan fingerprint density at radius 2 is 2.19 bits per heavy atom. The summed E-state index contributed by atoms with van der Waals surface area (Å²) in [6, 6.07) is 0. The molecule has 1 rings (SSSR count). The highest BCUT2D eigenvalue weighted by Crippen LogP contribution is 2.30. The van der Waals surface area contributed by atoms with Crippen LogP contribution in [0.5, 0.6) is 0 Å². The van der Waals surface area contributed by atoms with Crippen LogP contribution in [0.1, 0.15) is 47.2 Å². The predicted molar refractivity (Wildman–Crippen MR) is 63.0 cm³/mol. The largest absolute Gasteiger partial charge is 0.476 e. The molecule has 1 N–H and O–H groups in total. The number of aromatic carboxylic acids is 1. The lowest BCUT2D eigenvalue weighted by molar-refractivity contribution is 0.0291. The average molecular weight is 243 g/mol. The molecule has 0 saturated heterocycles. The van der Waals surface area contributed by atoms with Gasteiger partial charge in [-0.05, 0) is 19.8 Å². The number of aromatic nitrogens is 1. The molecule has 16 heavy (non-hydrogen) atoms. The number of carboxylic acids is 1. The number of carboxylic acid groups (broad SMARTS) is 1. The number of rotatable bonds is 5. The predicted octanol–water partition coefficient (Wildman–Crippen LogP) is 2.88. The number of aryl methyl sites for hydroxylation is 1. The molecule has 0 saturated carbocycles. The summed E-state index contributed by atoms with van der Waals surface area (Å²) in [6.45, 7) is 8.38. The fourth-order valence-electron chi connectivity index (χ4n) is 1.47. The van der Waals surface area contributed by atoms with E-state index in [0.717, 1.165) is 9.88 Å². The van der Waals surface area contributed by atoms with Crippen molar-refractivity contribution in [3.05, 3.63) is 15.6 Å². The Hall–Kier alpha value is -0.940. The van der Waals surface area contributed by atoms with E-state index in [1.165, 1.54) is 11.3 Å². The second kappa shape index (κ2) is 5.41. The van der Waals surface area contributed by atoms with Crippen molar-refractivity contribution in [1.29, 1.82) is 0 Å². The zero-order valence-corrected chi connectivity index (χ0v) is 10.8. The topological polar surface area (TPSA) is 59.4 Å². The Bertz CT molecular complexity index is 373. The minimum Gasteiger partial charge on any atom is -0.476 e. The van der Waals surface area contributed by atoms with Gasteiger partial charge in [0, 0.05) is 11.5 Å². The van der Waals surface area contributed by atoms with Crippen molar-refractivity contribution in [2.75, 3.05) is 6.61 Å². The molecule has 90 valence electrons. The summed E-state index contributed by atoms with van der Waals surface area (Å²) < 4.78 is 5.59.